The van der Waals surface area contributed by atoms with Crippen LogP contribution in [0.25, 0.3) is 10.2 Å². The van der Waals surface area contributed by atoms with Gasteiger partial charge in [-0.2, -0.15) is 0 Å². The smallest absolute Gasteiger partial charge is 0.163 e. The molecule has 0 bridgehead atoms. The first kappa shape index (κ1) is 7.24. The summed E-state index contributed by atoms with van der Waals surface area (Å²) >= 11 is 1.19. The van der Waals surface area contributed by atoms with Crippen LogP contribution in [0, 0.1) is 0 Å². The second-order valence-corrected chi connectivity index (χ2v) is 3.32. The number of aromatic nitrogens is 1. The van der Waals surface area contributed by atoms with Gasteiger partial charge >= 0.3 is 0 Å². The monoisotopic (exact) mass is 179 g/mol. The molecule has 2 heterocycles. The summed E-state index contributed by atoms with van der Waals surface area (Å²) in [4.78, 5) is 15.5. The molecule has 0 aliphatic heterocycles. The van der Waals surface area contributed by atoms with Crippen LogP contribution in [0.4, 0.5) is 0 Å². The first-order valence-electron chi connectivity index (χ1n) is 3.34. The van der Waals surface area contributed by atoms with E-state index in [2.05, 4.69) is 4.98 Å². The van der Waals surface area contributed by atoms with Crippen LogP contribution in [0.5, 0.6) is 5.75 Å². The zero-order valence-corrected chi connectivity index (χ0v) is 6.84. The zero-order chi connectivity index (χ0) is 8.55. The summed E-state index contributed by atoms with van der Waals surface area (Å²) in [6.07, 6.45) is 2.27. The van der Waals surface area contributed by atoms with Gasteiger partial charge < -0.3 is 5.11 Å². The van der Waals surface area contributed by atoms with Crippen molar-refractivity contribution < 1.29 is 9.90 Å². The number of rotatable bonds is 1. The van der Waals surface area contributed by atoms with Gasteiger partial charge in [0.1, 0.15) is 15.5 Å². The lowest BCUT2D eigenvalue weighted by Gasteiger charge is -1.86. The Morgan fingerprint density at radius 1 is 1.58 bits per heavy atom. The third-order valence-electron chi connectivity index (χ3n) is 1.57. The fraction of sp³-hybridized carbons (Fsp3) is 0. The number of carbonyl (C=O) groups is 1. The number of thiophene rings is 1. The number of nitrogens with zero attached hydrogens (tertiary/aromatic N) is 1. The van der Waals surface area contributed by atoms with Crippen molar-refractivity contribution in [3.63, 3.8) is 0 Å². The molecule has 2 rings (SSSR count). The average Bonchev–Trinajstić information content (AvgIpc) is 2.44. The Hall–Kier alpha value is -1.42. The average molecular weight is 179 g/mol. The van der Waals surface area contributed by atoms with Crippen molar-refractivity contribution in [2.24, 2.45) is 0 Å². The Balaban J connectivity index is 2.87. The van der Waals surface area contributed by atoms with E-state index in [0.717, 1.165) is 0 Å². The standard InChI is InChI=1S/C8H5NO2S/c10-4-6-7(11)5-2-1-3-9-8(5)12-6/h1-4,11H. The second-order valence-electron chi connectivity index (χ2n) is 2.29. The van der Waals surface area contributed by atoms with E-state index in [1.807, 2.05) is 0 Å². The van der Waals surface area contributed by atoms with Crippen LogP contribution in [-0.2, 0) is 0 Å². The summed E-state index contributed by atoms with van der Waals surface area (Å²) < 4.78 is 0. The number of carbonyl (C=O) groups excluding carboxylic acids is 1. The highest BCUT2D eigenvalue weighted by Crippen LogP contribution is 2.33. The van der Waals surface area contributed by atoms with Crippen molar-refractivity contribution in [1.82, 2.24) is 4.98 Å². The second kappa shape index (κ2) is 2.57. The Morgan fingerprint density at radius 3 is 3.08 bits per heavy atom. The third-order valence-corrected chi connectivity index (χ3v) is 2.60. The number of fused-ring (bicyclic) bond motifs is 1. The minimum absolute atomic E-state index is 0.0399. The molecule has 2 aromatic rings. The quantitative estimate of drug-likeness (QED) is 0.679. The van der Waals surface area contributed by atoms with Crippen LogP contribution in [0.15, 0.2) is 18.3 Å². The minimum atomic E-state index is 0.0399. The molecule has 0 radical (unpaired) electrons. The highest BCUT2D eigenvalue weighted by Gasteiger charge is 2.09. The van der Waals surface area contributed by atoms with E-state index in [1.54, 1.807) is 18.3 Å². The van der Waals surface area contributed by atoms with Crippen LogP contribution in [0.1, 0.15) is 9.67 Å². The van der Waals surface area contributed by atoms with E-state index in [1.165, 1.54) is 11.3 Å². The van der Waals surface area contributed by atoms with Gasteiger partial charge in [0.05, 0.1) is 5.39 Å². The van der Waals surface area contributed by atoms with E-state index >= 15 is 0 Å². The van der Waals surface area contributed by atoms with Crippen molar-refractivity contribution in [1.29, 1.82) is 0 Å². The highest BCUT2D eigenvalue weighted by molar-refractivity contribution is 7.20. The minimum Gasteiger partial charge on any atom is -0.506 e. The third kappa shape index (κ3) is 0.887. The van der Waals surface area contributed by atoms with Gasteiger partial charge in [-0.15, -0.1) is 11.3 Å². The Kier molecular flexibility index (Phi) is 1.55. The van der Waals surface area contributed by atoms with Crippen LogP contribution >= 0.6 is 11.3 Å². The summed E-state index contributed by atoms with van der Waals surface area (Å²) in [7, 11) is 0. The SMILES string of the molecule is O=Cc1sc2ncccc2c1O. The maximum Gasteiger partial charge on any atom is 0.163 e. The summed E-state index contributed by atoms with van der Waals surface area (Å²) in [6.45, 7) is 0. The fourth-order valence-electron chi connectivity index (χ4n) is 1.02. The highest BCUT2D eigenvalue weighted by atomic mass is 32.1. The number of hydrogen-bond acceptors (Lipinski definition) is 4. The molecule has 0 saturated heterocycles. The molecule has 0 atom stereocenters. The van der Waals surface area contributed by atoms with E-state index < -0.39 is 0 Å². The van der Waals surface area contributed by atoms with Crippen molar-refractivity contribution in [2.75, 3.05) is 0 Å². The molecule has 4 heteroatoms. The summed E-state index contributed by atoms with van der Waals surface area (Å²) in [5.41, 5.74) is 0. The van der Waals surface area contributed by atoms with Gasteiger partial charge in [0.25, 0.3) is 0 Å². The molecule has 3 nitrogen and oxygen atoms in total. The maximum absolute atomic E-state index is 10.4. The maximum atomic E-state index is 10.4. The van der Waals surface area contributed by atoms with E-state index in [4.69, 9.17) is 0 Å². The van der Waals surface area contributed by atoms with Gasteiger partial charge in [-0.1, -0.05) is 0 Å². The lowest BCUT2D eigenvalue weighted by molar-refractivity contribution is 0.112. The molecule has 0 aliphatic rings. The van der Waals surface area contributed by atoms with Gasteiger partial charge in [-0.25, -0.2) is 4.98 Å². The molecule has 0 unspecified atom stereocenters. The number of aldehydes is 1. The van der Waals surface area contributed by atoms with Crippen molar-refractivity contribution in [3.8, 4) is 5.75 Å². The molecule has 0 saturated carbocycles. The van der Waals surface area contributed by atoms with Gasteiger partial charge in [-0.05, 0) is 12.1 Å². The van der Waals surface area contributed by atoms with Crippen LogP contribution in [0.3, 0.4) is 0 Å². The van der Waals surface area contributed by atoms with E-state index in [0.29, 0.717) is 21.4 Å². The van der Waals surface area contributed by atoms with Gasteiger partial charge in [-0.3, -0.25) is 4.79 Å². The van der Waals surface area contributed by atoms with Crippen LogP contribution < -0.4 is 0 Å². The molecule has 0 amide bonds. The van der Waals surface area contributed by atoms with Crippen molar-refractivity contribution in [3.05, 3.63) is 23.2 Å². The van der Waals surface area contributed by atoms with Crippen LogP contribution in [0.2, 0.25) is 0 Å². The van der Waals surface area contributed by atoms with Gasteiger partial charge in [0.2, 0.25) is 0 Å². The molecule has 0 aromatic carbocycles. The van der Waals surface area contributed by atoms with E-state index in [-0.39, 0.29) is 5.75 Å². The Morgan fingerprint density at radius 2 is 2.42 bits per heavy atom. The molecule has 60 valence electrons. The molecular formula is C8H5NO2S. The lowest BCUT2D eigenvalue weighted by Crippen LogP contribution is -1.69. The van der Waals surface area contributed by atoms with Crippen molar-refractivity contribution in [2.45, 2.75) is 0 Å². The Bertz CT molecular complexity index is 436. The number of pyridine rings is 1. The molecule has 0 aliphatic carbocycles. The normalized spacial score (nSPS) is 10.3. The molecule has 0 fully saturated rings. The predicted molar refractivity (Wildman–Crippen MR) is 46.7 cm³/mol. The molecule has 12 heavy (non-hydrogen) atoms. The van der Waals surface area contributed by atoms with Gasteiger partial charge in [0.15, 0.2) is 6.29 Å². The fourth-order valence-corrected chi connectivity index (χ4v) is 1.87. The summed E-state index contributed by atoms with van der Waals surface area (Å²) in [6, 6.07) is 3.46. The predicted octanol–water partition coefficient (Wildman–Crippen LogP) is 1.81. The van der Waals surface area contributed by atoms with Crippen LogP contribution in [-0.4, -0.2) is 16.4 Å². The first-order valence-corrected chi connectivity index (χ1v) is 4.16. The number of aromatic hydroxyl groups is 1. The molecule has 1 N–H and O–H groups in total. The lowest BCUT2D eigenvalue weighted by atomic mass is 10.3. The molecule has 2 aromatic heterocycles. The largest absolute Gasteiger partial charge is 0.506 e. The number of hydrogen-bond donors (Lipinski definition) is 1. The summed E-state index contributed by atoms with van der Waals surface area (Å²) in [5.74, 6) is 0.0399. The molecule has 0 spiro atoms. The molecular weight excluding hydrogens is 174 g/mol. The van der Waals surface area contributed by atoms with E-state index in [9.17, 15) is 9.90 Å². The first-order chi connectivity index (χ1) is 5.83. The van der Waals surface area contributed by atoms with Gasteiger partial charge in [0, 0.05) is 6.20 Å². The Labute approximate surface area is 72.3 Å². The topological polar surface area (TPSA) is 50.2 Å². The van der Waals surface area contributed by atoms with Crippen molar-refractivity contribution >= 4 is 27.8 Å². The summed E-state index contributed by atoms with van der Waals surface area (Å²) in [5, 5.41) is 10.1. The zero-order valence-electron chi connectivity index (χ0n) is 6.02.